The van der Waals surface area contributed by atoms with Crippen LogP contribution in [-0.2, 0) is 14.4 Å². The van der Waals surface area contributed by atoms with Crippen LogP contribution in [-0.4, -0.2) is 30.9 Å². The van der Waals surface area contributed by atoms with Crippen molar-refractivity contribution >= 4 is 40.3 Å². The summed E-state index contributed by atoms with van der Waals surface area (Å²) in [6, 6.07) is 19.5. The lowest BCUT2D eigenvalue weighted by Gasteiger charge is -2.16. The fourth-order valence-electron chi connectivity index (χ4n) is 3.14. The molecule has 0 saturated heterocycles. The first-order chi connectivity index (χ1) is 15.4. The summed E-state index contributed by atoms with van der Waals surface area (Å²) in [6.07, 6.45) is 1.60. The molecule has 32 heavy (non-hydrogen) atoms. The van der Waals surface area contributed by atoms with Gasteiger partial charge in [0.25, 0.3) is 5.91 Å². The molecule has 3 aromatic carbocycles. The smallest absolute Gasteiger partial charge is 0.268 e. The molecule has 0 radical (unpaired) electrons. The minimum atomic E-state index is -0.839. The number of carbonyl (C=O) groups is 3. The van der Waals surface area contributed by atoms with E-state index < -0.39 is 17.9 Å². The number of methoxy groups -OCH3 is 1. The summed E-state index contributed by atoms with van der Waals surface area (Å²) in [4.78, 5) is 37.1. The minimum Gasteiger partial charge on any atom is -0.497 e. The fraction of sp³-hybridized carbons (Fsp3) is 0.160. The molecule has 3 aromatic rings. The third kappa shape index (κ3) is 5.72. The van der Waals surface area contributed by atoms with E-state index in [-0.39, 0.29) is 11.6 Å². The third-order valence-corrected chi connectivity index (χ3v) is 4.78. The van der Waals surface area contributed by atoms with Crippen molar-refractivity contribution in [3.8, 4) is 5.75 Å². The number of hydrogen-bond donors (Lipinski definition) is 3. The maximum Gasteiger partial charge on any atom is 0.268 e. The topological polar surface area (TPSA) is 96.5 Å². The maximum absolute atomic E-state index is 12.9. The Morgan fingerprint density at radius 3 is 2.31 bits per heavy atom. The van der Waals surface area contributed by atoms with Gasteiger partial charge in [-0.1, -0.05) is 42.5 Å². The zero-order valence-electron chi connectivity index (χ0n) is 18.1. The molecule has 0 spiro atoms. The number of rotatable bonds is 7. The second kappa shape index (κ2) is 10.3. The first-order valence-corrected chi connectivity index (χ1v) is 10.1. The molecule has 3 amide bonds. The monoisotopic (exact) mass is 431 g/mol. The molecule has 0 heterocycles. The normalized spacial score (nSPS) is 12.0. The van der Waals surface area contributed by atoms with E-state index in [1.807, 2.05) is 42.5 Å². The van der Waals surface area contributed by atoms with Crippen molar-refractivity contribution in [3.05, 3.63) is 78.0 Å². The molecule has 3 rings (SSSR count). The van der Waals surface area contributed by atoms with Crippen LogP contribution in [0.3, 0.4) is 0 Å². The molecule has 7 heteroatoms. The summed E-state index contributed by atoms with van der Waals surface area (Å²) in [5, 5.41) is 9.89. The largest absolute Gasteiger partial charge is 0.497 e. The zero-order valence-corrected chi connectivity index (χ0v) is 18.1. The van der Waals surface area contributed by atoms with Crippen molar-refractivity contribution in [2.45, 2.75) is 19.9 Å². The van der Waals surface area contributed by atoms with Gasteiger partial charge < -0.3 is 20.7 Å². The molecule has 0 aliphatic heterocycles. The number of benzene rings is 3. The second-order valence-corrected chi connectivity index (χ2v) is 7.22. The van der Waals surface area contributed by atoms with Gasteiger partial charge in [-0.15, -0.1) is 0 Å². The third-order valence-electron chi connectivity index (χ3n) is 4.78. The summed E-state index contributed by atoms with van der Waals surface area (Å²) < 4.78 is 5.10. The van der Waals surface area contributed by atoms with E-state index in [2.05, 4.69) is 16.0 Å². The number of amides is 3. The van der Waals surface area contributed by atoms with E-state index in [9.17, 15) is 14.4 Å². The minimum absolute atomic E-state index is 0.0537. The van der Waals surface area contributed by atoms with Crippen molar-refractivity contribution < 1.29 is 19.1 Å². The molecular weight excluding hydrogens is 406 g/mol. The number of ether oxygens (including phenoxy) is 1. The Hall–Kier alpha value is -4.13. The van der Waals surface area contributed by atoms with E-state index in [1.54, 1.807) is 44.4 Å². The first-order valence-electron chi connectivity index (χ1n) is 10.1. The molecule has 0 fully saturated rings. The van der Waals surface area contributed by atoms with Crippen LogP contribution >= 0.6 is 0 Å². The van der Waals surface area contributed by atoms with Crippen LogP contribution in [0.1, 0.15) is 19.4 Å². The Kier molecular flexibility index (Phi) is 7.23. The molecule has 7 nitrogen and oxygen atoms in total. The van der Waals surface area contributed by atoms with Crippen LogP contribution in [0.25, 0.3) is 16.8 Å². The highest BCUT2D eigenvalue weighted by Gasteiger charge is 2.19. The van der Waals surface area contributed by atoms with Gasteiger partial charge in [0.1, 0.15) is 17.5 Å². The highest BCUT2D eigenvalue weighted by molar-refractivity contribution is 6.05. The Bertz CT molecular complexity index is 1160. The van der Waals surface area contributed by atoms with Crippen LogP contribution < -0.4 is 20.7 Å². The van der Waals surface area contributed by atoms with E-state index in [4.69, 9.17) is 4.74 Å². The van der Waals surface area contributed by atoms with Crippen molar-refractivity contribution in [1.82, 2.24) is 10.6 Å². The zero-order chi connectivity index (χ0) is 23.1. The van der Waals surface area contributed by atoms with Crippen molar-refractivity contribution in [1.29, 1.82) is 0 Å². The van der Waals surface area contributed by atoms with E-state index in [0.29, 0.717) is 11.4 Å². The van der Waals surface area contributed by atoms with Gasteiger partial charge in [-0.2, -0.15) is 0 Å². The molecule has 3 N–H and O–H groups in total. The predicted octanol–water partition coefficient (Wildman–Crippen LogP) is 3.47. The molecule has 0 aromatic heterocycles. The van der Waals surface area contributed by atoms with Gasteiger partial charge in [0.2, 0.25) is 11.8 Å². The van der Waals surface area contributed by atoms with Gasteiger partial charge in [0.05, 0.1) is 7.11 Å². The SMILES string of the molecule is COc1ccc(NC(=O)[C@H](C)NC(=O)/C(=C/c2cccc3ccccc23)NC(C)=O)cc1. The Morgan fingerprint density at radius 2 is 1.62 bits per heavy atom. The lowest BCUT2D eigenvalue weighted by atomic mass is 10.0. The van der Waals surface area contributed by atoms with Crippen LogP contribution in [0.5, 0.6) is 5.75 Å². The van der Waals surface area contributed by atoms with E-state index >= 15 is 0 Å². The maximum atomic E-state index is 12.9. The summed E-state index contributed by atoms with van der Waals surface area (Å²) in [5.74, 6) is -0.675. The van der Waals surface area contributed by atoms with Gasteiger partial charge in [0, 0.05) is 12.6 Å². The average molecular weight is 431 g/mol. The van der Waals surface area contributed by atoms with Crippen molar-refractivity contribution in [3.63, 3.8) is 0 Å². The predicted molar refractivity (Wildman–Crippen MR) is 125 cm³/mol. The Labute approximate surface area is 186 Å². The van der Waals surface area contributed by atoms with Gasteiger partial charge in [-0.25, -0.2) is 0 Å². The highest BCUT2D eigenvalue weighted by Crippen LogP contribution is 2.21. The lowest BCUT2D eigenvalue weighted by Crippen LogP contribution is -2.44. The van der Waals surface area contributed by atoms with Crippen molar-refractivity contribution in [2.75, 3.05) is 12.4 Å². The molecule has 0 unspecified atom stereocenters. The molecule has 0 bridgehead atoms. The number of carbonyl (C=O) groups excluding carboxylic acids is 3. The molecule has 0 aliphatic carbocycles. The summed E-state index contributed by atoms with van der Waals surface area (Å²) in [6.45, 7) is 2.89. The fourth-order valence-corrected chi connectivity index (χ4v) is 3.14. The molecule has 164 valence electrons. The van der Waals surface area contributed by atoms with Crippen LogP contribution in [0.2, 0.25) is 0 Å². The summed E-state index contributed by atoms with van der Waals surface area (Å²) in [7, 11) is 1.56. The molecule has 0 aliphatic rings. The van der Waals surface area contributed by atoms with Gasteiger partial charge in [-0.3, -0.25) is 14.4 Å². The Balaban J connectivity index is 1.77. The number of anilines is 1. The number of nitrogens with one attached hydrogen (secondary N) is 3. The van der Waals surface area contributed by atoms with Gasteiger partial charge >= 0.3 is 0 Å². The molecular formula is C25H25N3O4. The quantitative estimate of drug-likeness (QED) is 0.499. The van der Waals surface area contributed by atoms with Gasteiger partial charge in [-0.05, 0) is 53.6 Å². The van der Waals surface area contributed by atoms with Gasteiger partial charge in [0.15, 0.2) is 0 Å². The highest BCUT2D eigenvalue weighted by atomic mass is 16.5. The van der Waals surface area contributed by atoms with Crippen LogP contribution in [0, 0.1) is 0 Å². The summed E-state index contributed by atoms with van der Waals surface area (Å²) in [5.41, 5.74) is 1.40. The summed E-state index contributed by atoms with van der Waals surface area (Å²) >= 11 is 0. The first kappa shape index (κ1) is 22.6. The number of hydrogen-bond acceptors (Lipinski definition) is 4. The van der Waals surface area contributed by atoms with Crippen LogP contribution in [0.4, 0.5) is 5.69 Å². The molecule has 1 atom stereocenters. The van der Waals surface area contributed by atoms with Crippen LogP contribution in [0.15, 0.2) is 72.4 Å². The Morgan fingerprint density at radius 1 is 0.938 bits per heavy atom. The van der Waals surface area contributed by atoms with E-state index in [0.717, 1.165) is 16.3 Å². The standard InChI is InChI=1S/C25H25N3O4/c1-16(24(30)28-20-11-13-21(32-3)14-12-20)26-25(31)23(27-17(2)29)15-19-9-6-8-18-7-4-5-10-22(18)19/h4-16H,1-3H3,(H,26,31)(H,27,29)(H,28,30)/b23-15-/t16-/m0/s1. The number of fused-ring (bicyclic) bond motifs is 1. The average Bonchev–Trinajstić information content (AvgIpc) is 2.79. The second-order valence-electron chi connectivity index (χ2n) is 7.22. The van der Waals surface area contributed by atoms with E-state index in [1.165, 1.54) is 6.92 Å². The lowest BCUT2D eigenvalue weighted by molar-refractivity contribution is -0.125. The molecule has 0 saturated carbocycles. The van der Waals surface area contributed by atoms with Crippen molar-refractivity contribution in [2.24, 2.45) is 0 Å².